The third-order valence-corrected chi connectivity index (χ3v) is 4.32. The van der Waals surface area contributed by atoms with Gasteiger partial charge in [-0.05, 0) is 36.3 Å². The van der Waals surface area contributed by atoms with Crippen molar-refractivity contribution in [2.24, 2.45) is 17.1 Å². The van der Waals surface area contributed by atoms with Gasteiger partial charge in [-0.3, -0.25) is 0 Å². The molecule has 1 saturated carbocycles. The molecule has 0 radical (unpaired) electrons. The standard InChI is InChI=1S/C14H18F2N2S/c1-8(2)14(5-6-14)7-18-10-4-3-9(13(17)19)11(15)12(10)16/h3-4,8,18H,5-7H2,1-2H3,(H2,17,19). The quantitative estimate of drug-likeness (QED) is 0.813. The summed E-state index contributed by atoms with van der Waals surface area (Å²) in [5.41, 5.74) is 5.68. The average Bonchev–Trinajstić information content (AvgIpc) is 3.11. The molecular weight excluding hydrogens is 266 g/mol. The van der Waals surface area contributed by atoms with Crippen molar-refractivity contribution >= 4 is 22.9 Å². The zero-order chi connectivity index (χ0) is 14.2. The van der Waals surface area contributed by atoms with E-state index in [1.807, 2.05) is 0 Å². The van der Waals surface area contributed by atoms with Crippen LogP contribution in [-0.2, 0) is 0 Å². The van der Waals surface area contributed by atoms with Gasteiger partial charge in [0.05, 0.1) is 5.69 Å². The maximum Gasteiger partial charge on any atom is 0.182 e. The van der Waals surface area contributed by atoms with E-state index in [0.29, 0.717) is 12.5 Å². The maximum atomic E-state index is 13.9. The molecule has 0 heterocycles. The maximum absolute atomic E-state index is 13.9. The predicted molar refractivity (Wildman–Crippen MR) is 77.2 cm³/mol. The van der Waals surface area contributed by atoms with Crippen LogP contribution in [0.3, 0.4) is 0 Å². The van der Waals surface area contributed by atoms with Crippen molar-refractivity contribution in [3.8, 4) is 0 Å². The average molecular weight is 284 g/mol. The number of hydrogen-bond acceptors (Lipinski definition) is 2. The first-order valence-electron chi connectivity index (χ1n) is 6.39. The molecule has 0 atom stereocenters. The fourth-order valence-corrected chi connectivity index (χ4v) is 2.42. The van der Waals surface area contributed by atoms with Gasteiger partial charge in [-0.15, -0.1) is 0 Å². The van der Waals surface area contributed by atoms with E-state index >= 15 is 0 Å². The fraction of sp³-hybridized carbons (Fsp3) is 0.500. The zero-order valence-corrected chi connectivity index (χ0v) is 11.9. The van der Waals surface area contributed by atoms with Crippen LogP contribution < -0.4 is 11.1 Å². The third-order valence-electron chi connectivity index (χ3n) is 4.10. The summed E-state index contributed by atoms with van der Waals surface area (Å²) in [5, 5.41) is 3.00. The number of nitrogens with two attached hydrogens (primary N) is 1. The Hall–Kier alpha value is -1.23. The minimum absolute atomic E-state index is 0.0527. The molecule has 0 spiro atoms. The molecule has 3 N–H and O–H groups in total. The van der Waals surface area contributed by atoms with Crippen molar-refractivity contribution in [1.82, 2.24) is 0 Å². The van der Waals surface area contributed by atoms with Gasteiger partial charge in [-0.2, -0.15) is 0 Å². The van der Waals surface area contributed by atoms with Gasteiger partial charge in [0.1, 0.15) is 4.99 Å². The van der Waals surface area contributed by atoms with Crippen molar-refractivity contribution in [2.75, 3.05) is 11.9 Å². The Bertz CT molecular complexity index is 510. The van der Waals surface area contributed by atoms with Crippen LogP contribution in [0.2, 0.25) is 0 Å². The van der Waals surface area contributed by atoms with E-state index in [0.717, 1.165) is 12.8 Å². The van der Waals surface area contributed by atoms with Gasteiger partial charge in [-0.1, -0.05) is 26.1 Å². The van der Waals surface area contributed by atoms with Crippen LogP contribution in [0.4, 0.5) is 14.5 Å². The van der Waals surface area contributed by atoms with E-state index in [4.69, 9.17) is 5.73 Å². The van der Waals surface area contributed by atoms with Gasteiger partial charge in [-0.25, -0.2) is 8.78 Å². The number of halogens is 2. The van der Waals surface area contributed by atoms with E-state index in [2.05, 4.69) is 31.4 Å². The normalized spacial score (nSPS) is 16.5. The second-order valence-electron chi connectivity index (χ2n) is 5.52. The first-order chi connectivity index (χ1) is 8.87. The number of hydrogen-bond donors (Lipinski definition) is 2. The minimum atomic E-state index is -0.980. The Balaban J connectivity index is 2.14. The molecule has 1 aliphatic carbocycles. The topological polar surface area (TPSA) is 38.0 Å². The molecule has 0 aromatic heterocycles. The molecule has 0 unspecified atom stereocenters. The lowest BCUT2D eigenvalue weighted by Gasteiger charge is -2.21. The fourth-order valence-electron chi connectivity index (χ4n) is 2.27. The lowest BCUT2D eigenvalue weighted by Crippen LogP contribution is -2.22. The van der Waals surface area contributed by atoms with Crippen molar-refractivity contribution < 1.29 is 8.78 Å². The number of anilines is 1. The van der Waals surface area contributed by atoms with Gasteiger partial charge >= 0.3 is 0 Å². The Morgan fingerprint density at radius 1 is 1.37 bits per heavy atom. The molecule has 19 heavy (non-hydrogen) atoms. The Morgan fingerprint density at radius 2 is 2.00 bits per heavy atom. The lowest BCUT2D eigenvalue weighted by atomic mass is 9.92. The van der Waals surface area contributed by atoms with Crippen LogP contribution in [0.5, 0.6) is 0 Å². The second-order valence-corrected chi connectivity index (χ2v) is 5.96. The van der Waals surface area contributed by atoms with E-state index in [9.17, 15) is 8.78 Å². The largest absolute Gasteiger partial charge is 0.389 e. The van der Waals surface area contributed by atoms with Gasteiger partial charge in [0.15, 0.2) is 11.6 Å². The van der Waals surface area contributed by atoms with Crippen LogP contribution >= 0.6 is 12.2 Å². The van der Waals surface area contributed by atoms with E-state index in [1.165, 1.54) is 12.1 Å². The summed E-state index contributed by atoms with van der Waals surface area (Å²) in [7, 11) is 0. The van der Waals surface area contributed by atoms with Crippen LogP contribution in [0, 0.1) is 23.0 Å². The molecule has 1 fully saturated rings. The molecule has 1 aromatic rings. The number of benzene rings is 1. The Kier molecular flexibility index (Phi) is 3.76. The third kappa shape index (κ3) is 2.71. The van der Waals surface area contributed by atoms with Gasteiger partial charge in [0.25, 0.3) is 0 Å². The van der Waals surface area contributed by atoms with E-state index in [1.54, 1.807) is 0 Å². The summed E-state index contributed by atoms with van der Waals surface area (Å²) in [6.07, 6.45) is 2.26. The van der Waals surface area contributed by atoms with Crippen LogP contribution in [0.15, 0.2) is 12.1 Å². The van der Waals surface area contributed by atoms with Crippen molar-refractivity contribution in [2.45, 2.75) is 26.7 Å². The first-order valence-corrected chi connectivity index (χ1v) is 6.80. The van der Waals surface area contributed by atoms with E-state index in [-0.39, 0.29) is 21.7 Å². The Morgan fingerprint density at radius 3 is 2.47 bits per heavy atom. The van der Waals surface area contributed by atoms with Gasteiger partial charge < -0.3 is 11.1 Å². The van der Waals surface area contributed by atoms with Crippen LogP contribution in [0.25, 0.3) is 0 Å². The van der Waals surface area contributed by atoms with Crippen LogP contribution in [-0.4, -0.2) is 11.5 Å². The molecule has 2 nitrogen and oxygen atoms in total. The van der Waals surface area contributed by atoms with E-state index < -0.39 is 11.6 Å². The summed E-state index contributed by atoms with van der Waals surface area (Å²) in [5.74, 6) is -1.36. The number of thiocarbonyl (C=S) groups is 1. The molecule has 1 aromatic carbocycles. The molecule has 1 aliphatic rings. The summed E-state index contributed by atoms with van der Waals surface area (Å²) in [6.45, 7) is 4.97. The molecule has 0 aliphatic heterocycles. The van der Waals surface area contributed by atoms with Gasteiger partial charge in [0, 0.05) is 12.1 Å². The molecule has 0 amide bonds. The van der Waals surface area contributed by atoms with Crippen molar-refractivity contribution in [1.29, 1.82) is 0 Å². The van der Waals surface area contributed by atoms with Crippen LogP contribution in [0.1, 0.15) is 32.3 Å². The SMILES string of the molecule is CC(C)C1(CNc2ccc(C(N)=S)c(F)c2F)CC1. The summed E-state index contributed by atoms with van der Waals surface area (Å²) < 4.78 is 27.6. The second kappa shape index (κ2) is 5.04. The van der Waals surface area contributed by atoms with Crippen molar-refractivity contribution in [3.63, 3.8) is 0 Å². The predicted octanol–water partition coefficient (Wildman–Crippen LogP) is 3.45. The molecular formula is C14H18F2N2S. The summed E-state index contributed by atoms with van der Waals surface area (Å²) in [6, 6.07) is 2.90. The smallest absolute Gasteiger partial charge is 0.182 e. The highest BCUT2D eigenvalue weighted by Crippen LogP contribution is 2.51. The minimum Gasteiger partial charge on any atom is -0.389 e. The number of rotatable bonds is 5. The summed E-state index contributed by atoms with van der Waals surface area (Å²) >= 11 is 4.67. The molecule has 104 valence electrons. The monoisotopic (exact) mass is 284 g/mol. The lowest BCUT2D eigenvalue weighted by molar-refractivity contribution is 0.379. The first kappa shape index (κ1) is 14.2. The molecule has 2 rings (SSSR count). The zero-order valence-electron chi connectivity index (χ0n) is 11.1. The number of nitrogens with one attached hydrogen (secondary N) is 1. The molecule has 0 bridgehead atoms. The Labute approximate surface area is 117 Å². The molecule has 5 heteroatoms. The van der Waals surface area contributed by atoms with Crippen molar-refractivity contribution in [3.05, 3.63) is 29.3 Å². The highest BCUT2D eigenvalue weighted by Gasteiger charge is 2.45. The molecule has 0 saturated heterocycles. The highest BCUT2D eigenvalue weighted by molar-refractivity contribution is 7.80. The highest BCUT2D eigenvalue weighted by atomic mass is 32.1. The van der Waals surface area contributed by atoms with Gasteiger partial charge in [0.2, 0.25) is 0 Å². The summed E-state index contributed by atoms with van der Waals surface area (Å²) in [4.78, 5) is -0.135.